The average molecular weight is 357 g/mol. The van der Waals surface area contributed by atoms with E-state index in [0.29, 0.717) is 28.7 Å². The number of aliphatic hydroxyl groups is 1. The lowest BCUT2D eigenvalue weighted by Crippen LogP contribution is -2.03. The molecule has 4 aromatic heterocycles. The van der Waals surface area contributed by atoms with Gasteiger partial charge in [0.05, 0.1) is 11.2 Å². The highest BCUT2D eigenvalue weighted by Crippen LogP contribution is 2.35. The highest BCUT2D eigenvalue weighted by Gasteiger charge is 2.19. The van der Waals surface area contributed by atoms with Crippen molar-refractivity contribution in [3.63, 3.8) is 0 Å². The maximum Gasteiger partial charge on any atom is 0.180 e. The zero-order chi connectivity index (χ0) is 18.4. The molecule has 0 aliphatic heterocycles. The Hall–Kier alpha value is -3.71. The number of pyridine rings is 1. The van der Waals surface area contributed by atoms with Crippen LogP contribution in [0.5, 0.6) is 0 Å². The molecule has 0 aliphatic rings. The minimum Gasteiger partial charge on any atom is -0.457 e. The van der Waals surface area contributed by atoms with Crippen LogP contribution in [0.25, 0.3) is 39.3 Å². The van der Waals surface area contributed by atoms with Crippen molar-refractivity contribution < 1.29 is 9.52 Å². The first-order chi connectivity index (χ1) is 13.2. The van der Waals surface area contributed by atoms with Crippen LogP contribution in [0.15, 0.2) is 65.5 Å². The van der Waals surface area contributed by atoms with E-state index in [-0.39, 0.29) is 6.61 Å². The molecule has 0 bridgehead atoms. The van der Waals surface area contributed by atoms with Gasteiger partial charge in [0.15, 0.2) is 17.2 Å². The fourth-order valence-electron chi connectivity index (χ4n) is 3.27. The fraction of sp³-hybridized carbons (Fsp3) is 0.0500. The molecule has 0 fully saturated rings. The number of hydrogen-bond donors (Lipinski definition) is 2. The lowest BCUT2D eigenvalue weighted by atomic mass is 10.0. The van der Waals surface area contributed by atoms with Crippen molar-refractivity contribution in [2.45, 2.75) is 6.61 Å². The van der Waals surface area contributed by atoms with E-state index in [2.05, 4.69) is 15.0 Å². The molecule has 0 atom stereocenters. The molecule has 27 heavy (non-hydrogen) atoms. The number of imidazole rings is 1. The molecule has 4 heterocycles. The number of aliphatic hydroxyl groups excluding tert-OH is 1. The molecule has 3 N–H and O–H groups in total. The number of nitrogens with two attached hydrogens (primary N) is 1. The lowest BCUT2D eigenvalue weighted by Gasteiger charge is -2.12. The molecule has 1 aromatic carbocycles. The summed E-state index contributed by atoms with van der Waals surface area (Å²) in [6.45, 7) is -0.181. The van der Waals surface area contributed by atoms with E-state index in [1.165, 1.54) is 0 Å². The Balaban J connectivity index is 1.84. The smallest absolute Gasteiger partial charge is 0.180 e. The van der Waals surface area contributed by atoms with Crippen LogP contribution in [0.1, 0.15) is 5.76 Å². The predicted octanol–water partition coefficient (Wildman–Crippen LogP) is 3.28. The monoisotopic (exact) mass is 357 g/mol. The second kappa shape index (κ2) is 5.93. The van der Waals surface area contributed by atoms with Gasteiger partial charge in [-0.3, -0.25) is 9.38 Å². The number of nitrogen functional groups attached to an aromatic ring is 1. The lowest BCUT2D eigenvalue weighted by molar-refractivity contribution is 0.248. The Morgan fingerprint density at radius 3 is 2.85 bits per heavy atom. The zero-order valence-electron chi connectivity index (χ0n) is 14.2. The summed E-state index contributed by atoms with van der Waals surface area (Å²) in [6, 6.07) is 13.4. The maximum atomic E-state index is 9.33. The molecule has 0 spiro atoms. The number of furan rings is 1. The molecular formula is C20H15N5O2. The third-order valence-corrected chi connectivity index (χ3v) is 4.49. The summed E-state index contributed by atoms with van der Waals surface area (Å²) in [5.74, 6) is 1.30. The third-order valence-electron chi connectivity index (χ3n) is 4.49. The molecule has 0 radical (unpaired) electrons. The Bertz CT molecular complexity index is 1290. The van der Waals surface area contributed by atoms with E-state index in [4.69, 9.17) is 10.2 Å². The van der Waals surface area contributed by atoms with Crippen LogP contribution >= 0.6 is 0 Å². The topological polar surface area (TPSA) is 102 Å². The van der Waals surface area contributed by atoms with E-state index < -0.39 is 0 Å². The van der Waals surface area contributed by atoms with Crippen molar-refractivity contribution in [3.05, 3.63) is 66.8 Å². The first kappa shape index (κ1) is 15.5. The zero-order valence-corrected chi connectivity index (χ0v) is 14.2. The Kier molecular flexibility index (Phi) is 3.41. The van der Waals surface area contributed by atoms with E-state index >= 15 is 0 Å². The minimum atomic E-state index is -0.181. The van der Waals surface area contributed by atoms with Gasteiger partial charge in [0, 0.05) is 29.5 Å². The van der Waals surface area contributed by atoms with E-state index in [0.717, 1.165) is 22.2 Å². The van der Waals surface area contributed by atoms with Gasteiger partial charge in [-0.1, -0.05) is 12.1 Å². The van der Waals surface area contributed by atoms with Crippen molar-refractivity contribution in [3.8, 4) is 22.7 Å². The fourth-order valence-corrected chi connectivity index (χ4v) is 3.27. The van der Waals surface area contributed by atoms with Crippen LogP contribution < -0.4 is 5.73 Å². The molecular weight excluding hydrogens is 342 g/mol. The van der Waals surface area contributed by atoms with Crippen molar-refractivity contribution in [2.24, 2.45) is 0 Å². The molecule has 7 heteroatoms. The summed E-state index contributed by atoms with van der Waals surface area (Å²) in [4.78, 5) is 13.2. The second-order valence-electron chi connectivity index (χ2n) is 6.15. The molecule has 7 nitrogen and oxygen atoms in total. The predicted molar refractivity (Wildman–Crippen MR) is 102 cm³/mol. The first-order valence-electron chi connectivity index (χ1n) is 8.42. The van der Waals surface area contributed by atoms with Crippen LogP contribution in [-0.4, -0.2) is 24.5 Å². The van der Waals surface area contributed by atoms with E-state index in [1.807, 2.05) is 40.9 Å². The van der Waals surface area contributed by atoms with E-state index in [9.17, 15) is 5.11 Å². The largest absolute Gasteiger partial charge is 0.457 e. The number of anilines is 1. The quantitative estimate of drug-likeness (QED) is 0.514. The summed E-state index contributed by atoms with van der Waals surface area (Å²) < 4.78 is 7.63. The SMILES string of the molecule is Nc1nc(-c2ccc(CO)o2)c(-c2ccc3ncccc3c2)n2ccnc12. The van der Waals surface area contributed by atoms with Gasteiger partial charge in [0.2, 0.25) is 0 Å². The number of aromatic nitrogens is 4. The van der Waals surface area contributed by atoms with Gasteiger partial charge in [-0.25, -0.2) is 9.97 Å². The maximum absolute atomic E-state index is 9.33. The number of nitrogens with zero attached hydrogens (tertiary/aromatic N) is 4. The van der Waals surface area contributed by atoms with Crippen molar-refractivity contribution in [1.82, 2.24) is 19.4 Å². The summed E-state index contributed by atoms with van der Waals surface area (Å²) >= 11 is 0. The molecule has 0 unspecified atom stereocenters. The first-order valence-corrected chi connectivity index (χ1v) is 8.42. The number of rotatable bonds is 3. The number of benzene rings is 1. The molecule has 5 aromatic rings. The standard InChI is InChI=1S/C20H15N5O2/c21-19-20-23-8-9-25(20)18(17(24-19)16-6-4-14(11-26)27-16)13-3-5-15-12(10-13)2-1-7-22-15/h1-10,26H,11H2,(H2,21,24). The second-order valence-corrected chi connectivity index (χ2v) is 6.15. The summed E-state index contributed by atoms with van der Waals surface area (Å²) in [5, 5.41) is 10.4. The number of fused-ring (bicyclic) bond motifs is 2. The highest BCUT2D eigenvalue weighted by atomic mass is 16.4. The van der Waals surface area contributed by atoms with Gasteiger partial charge >= 0.3 is 0 Å². The number of hydrogen-bond acceptors (Lipinski definition) is 6. The molecule has 0 saturated carbocycles. The van der Waals surface area contributed by atoms with Crippen LogP contribution in [0.4, 0.5) is 5.82 Å². The highest BCUT2D eigenvalue weighted by molar-refractivity contribution is 5.88. The van der Waals surface area contributed by atoms with Crippen LogP contribution in [0.3, 0.4) is 0 Å². The average Bonchev–Trinajstić information content (AvgIpc) is 3.37. The summed E-state index contributed by atoms with van der Waals surface area (Å²) in [5.41, 5.74) is 9.93. The van der Waals surface area contributed by atoms with E-state index in [1.54, 1.807) is 24.5 Å². The molecule has 5 rings (SSSR count). The van der Waals surface area contributed by atoms with Gasteiger partial charge in [0.25, 0.3) is 0 Å². The normalized spacial score (nSPS) is 11.4. The van der Waals surface area contributed by atoms with Gasteiger partial charge < -0.3 is 15.3 Å². The van der Waals surface area contributed by atoms with Crippen LogP contribution in [0.2, 0.25) is 0 Å². The van der Waals surface area contributed by atoms with Crippen LogP contribution in [-0.2, 0) is 6.61 Å². The Morgan fingerprint density at radius 1 is 1.07 bits per heavy atom. The van der Waals surface area contributed by atoms with Gasteiger partial charge in [0.1, 0.15) is 18.1 Å². The van der Waals surface area contributed by atoms with Gasteiger partial charge in [-0.2, -0.15) is 0 Å². The molecule has 0 saturated heterocycles. The molecule has 132 valence electrons. The summed E-state index contributed by atoms with van der Waals surface area (Å²) in [6.07, 6.45) is 5.30. The Labute approximate surface area is 153 Å². The molecule has 0 amide bonds. The van der Waals surface area contributed by atoms with Crippen molar-refractivity contribution in [2.75, 3.05) is 5.73 Å². The minimum absolute atomic E-state index is 0.181. The molecule has 0 aliphatic carbocycles. The van der Waals surface area contributed by atoms with Crippen molar-refractivity contribution in [1.29, 1.82) is 0 Å². The summed E-state index contributed by atoms with van der Waals surface area (Å²) in [7, 11) is 0. The third kappa shape index (κ3) is 2.44. The van der Waals surface area contributed by atoms with Crippen LogP contribution in [0, 0.1) is 0 Å². The van der Waals surface area contributed by atoms with Gasteiger partial charge in [-0.15, -0.1) is 0 Å². The van der Waals surface area contributed by atoms with Crippen molar-refractivity contribution >= 4 is 22.4 Å². The Morgan fingerprint density at radius 2 is 2.00 bits per heavy atom. The van der Waals surface area contributed by atoms with Gasteiger partial charge in [-0.05, 0) is 30.3 Å².